The highest BCUT2D eigenvalue weighted by atomic mass is 16.7. The van der Waals surface area contributed by atoms with Crippen LogP contribution in [0.2, 0.25) is 0 Å². The molecule has 1 aliphatic heterocycles. The van der Waals surface area contributed by atoms with E-state index in [4.69, 9.17) is 19.9 Å². The first-order valence-electron chi connectivity index (χ1n) is 7.32. The van der Waals surface area contributed by atoms with Crippen LogP contribution in [0.1, 0.15) is 47.5 Å². The second-order valence-corrected chi connectivity index (χ2v) is 7.06. The lowest BCUT2D eigenvalue weighted by Gasteiger charge is -2.43. The van der Waals surface area contributed by atoms with Crippen LogP contribution in [0.4, 0.5) is 4.79 Å². The zero-order valence-corrected chi connectivity index (χ0v) is 13.4. The summed E-state index contributed by atoms with van der Waals surface area (Å²) in [5.74, 6) is 0.347. The maximum absolute atomic E-state index is 10.6. The van der Waals surface area contributed by atoms with Gasteiger partial charge in [-0.05, 0) is 38.0 Å². The Balaban J connectivity index is 2.51. The molecule has 0 saturated carbocycles. The first-order chi connectivity index (χ1) is 9.12. The summed E-state index contributed by atoms with van der Waals surface area (Å²) in [6, 6.07) is 0. The molecular formula is C15H29NO4. The number of ether oxygens (including phenoxy) is 3. The summed E-state index contributed by atoms with van der Waals surface area (Å²) in [6.45, 7) is 12.4. The molecule has 0 radical (unpaired) electrons. The van der Waals surface area contributed by atoms with Crippen LogP contribution in [-0.4, -0.2) is 31.7 Å². The van der Waals surface area contributed by atoms with Gasteiger partial charge >= 0.3 is 6.09 Å². The lowest BCUT2D eigenvalue weighted by atomic mass is 9.71. The zero-order chi connectivity index (χ0) is 15.4. The van der Waals surface area contributed by atoms with Gasteiger partial charge in [0, 0.05) is 5.92 Å². The van der Waals surface area contributed by atoms with Gasteiger partial charge in [0.05, 0.1) is 19.8 Å². The molecule has 0 bridgehead atoms. The molecule has 0 aromatic carbocycles. The van der Waals surface area contributed by atoms with E-state index in [1.807, 2.05) is 13.8 Å². The van der Waals surface area contributed by atoms with Crippen LogP contribution < -0.4 is 5.73 Å². The maximum Gasteiger partial charge on any atom is 0.404 e. The van der Waals surface area contributed by atoms with E-state index >= 15 is 0 Å². The van der Waals surface area contributed by atoms with Gasteiger partial charge in [-0.1, -0.05) is 20.8 Å². The van der Waals surface area contributed by atoms with Crippen molar-refractivity contribution in [2.75, 3.05) is 19.8 Å². The van der Waals surface area contributed by atoms with Gasteiger partial charge in [0.15, 0.2) is 5.79 Å². The second-order valence-electron chi connectivity index (χ2n) is 7.06. The number of primary amides is 1. The summed E-state index contributed by atoms with van der Waals surface area (Å²) in [5, 5.41) is 0. The lowest BCUT2D eigenvalue weighted by molar-refractivity contribution is -0.271. The highest BCUT2D eigenvalue weighted by Crippen LogP contribution is 2.38. The minimum Gasteiger partial charge on any atom is -0.450 e. The van der Waals surface area contributed by atoms with E-state index < -0.39 is 11.9 Å². The normalized spacial score (nSPS) is 21.4. The van der Waals surface area contributed by atoms with Crippen LogP contribution in [0.25, 0.3) is 0 Å². The lowest BCUT2D eigenvalue weighted by Crippen LogP contribution is -2.44. The molecule has 1 atom stereocenters. The standard InChI is InChI=1S/C15H29NO4/c1-14(2,3)12(7-6-8-18-13(16)17)11-9-19-15(4,5)20-10-11/h11-12H,6-10H2,1-5H3,(H2,16,17). The van der Waals surface area contributed by atoms with Crippen molar-refractivity contribution in [3.8, 4) is 0 Å². The fourth-order valence-corrected chi connectivity index (χ4v) is 2.79. The van der Waals surface area contributed by atoms with Crippen LogP contribution in [0.5, 0.6) is 0 Å². The molecule has 1 unspecified atom stereocenters. The molecule has 1 saturated heterocycles. The largest absolute Gasteiger partial charge is 0.450 e. The average molecular weight is 287 g/mol. The minimum absolute atomic E-state index is 0.158. The molecule has 1 fully saturated rings. The summed E-state index contributed by atoms with van der Waals surface area (Å²) in [4.78, 5) is 10.6. The molecule has 20 heavy (non-hydrogen) atoms. The van der Waals surface area contributed by atoms with E-state index in [1.54, 1.807) is 0 Å². The van der Waals surface area contributed by atoms with Crippen molar-refractivity contribution in [3.05, 3.63) is 0 Å². The zero-order valence-electron chi connectivity index (χ0n) is 13.4. The molecule has 1 amide bonds. The predicted octanol–water partition coefficient (Wildman–Crippen LogP) is 2.92. The molecule has 1 aliphatic rings. The molecule has 0 aliphatic carbocycles. The van der Waals surface area contributed by atoms with Gasteiger partial charge in [-0.15, -0.1) is 0 Å². The molecule has 0 spiro atoms. The second kappa shape index (κ2) is 6.76. The molecule has 1 heterocycles. The molecule has 0 aromatic heterocycles. The Morgan fingerprint density at radius 1 is 1.35 bits per heavy atom. The number of hydrogen-bond donors (Lipinski definition) is 1. The molecule has 0 aromatic rings. The van der Waals surface area contributed by atoms with E-state index in [9.17, 15) is 4.79 Å². The summed E-state index contributed by atoms with van der Waals surface area (Å²) in [6.07, 6.45) is 1.07. The monoisotopic (exact) mass is 287 g/mol. The van der Waals surface area contributed by atoms with Gasteiger partial charge in [0.2, 0.25) is 0 Å². The third-order valence-electron chi connectivity index (χ3n) is 3.88. The number of carbonyl (C=O) groups is 1. The van der Waals surface area contributed by atoms with Crippen LogP contribution in [0.15, 0.2) is 0 Å². The number of hydrogen-bond acceptors (Lipinski definition) is 4. The SMILES string of the molecule is CC1(C)OCC(C(CCCOC(N)=O)C(C)(C)C)CO1. The van der Waals surface area contributed by atoms with Crippen molar-refractivity contribution in [1.29, 1.82) is 0 Å². The Hall–Kier alpha value is -0.810. The Bertz CT molecular complexity index is 312. The van der Waals surface area contributed by atoms with Crippen LogP contribution in [0, 0.1) is 17.3 Å². The Morgan fingerprint density at radius 3 is 2.35 bits per heavy atom. The average Bonchev–Trinajstić information content (AvgIpc) is 2.28. The van der Waals surface area contributed by atoms with Crippen molar-refractivity contribution < 1.29 is 19.0 Å². The predicted molar refractivity (Wildman–Crippen MR) is 77.2 cm³/mol. The van der Waals surface area contributed by atoms with Crippen LogP contribution in [0.3, 0.4) is 0 Å². The third kappa shape index (κ3) is 5.67. The first-order valence-corrected chi connectivity index (χ1v) is 7.32. The summed E-state index contributed by atoms with van der Waals surface area (Å²) in [5.41, 5.74) is 5.12. The minimum atomic E-state index is -0.705. The molecule has 2 N–H and O–H groups in total. The Morgan fingerprint density at radius 2 is 1.90 bits per heavy atom. The van der Waals surface area contributed by atoms with E-state index in [1.165, 1.54) is 0 Å². The topological polar surface area (TPSA) is 70.8 Å². The highest BCUT2D eigenvalue weighted by Gasteiger charge is 2.37. The molecule has 5 nitrogen and oxygen atoms in total. The van der Waals surface area contributed by atoms with Crippen molar-refractivity contribution in [1.82, 2.24) is 0 Å². The Labute approximate surface area is 122 Å². The van der Waals surface area contributed by atoms with E-state index in [2.05, 4.69) is 20.8 Å². The maximum atomic E-state index is 10.6. The highest BCUT2D eigenvalue weighted by molar-refractivity contribution is 5.64. The fourth-order valence-electron chi connectivity index (χ4n) is 2.79. The van der Waals surface area contributed by atoms with E-state index in [0.29, 0.717) is 31.7 Å². The van der Waals surface area contributed by atoms with E-state index in [0.717, 1.165) is 12.8 Å². The van der Waals surface area contributed by atoms with Crippen LogP contribution in [-0.2, 0) is 14.2 Å². The smallest absolute Gasteiger partial charge is 0.404 e. The summed E-state index contributed by atoms with van der Waals surface area (Å²) in [7, 11) is 0. The summed E-state index contributed by atoms with van der Waals surface area (Å²) >= 11 is 0. The molecule has 5 heteroatoms. The van der Waals surface area contributed by atoms with Gasteiger partial charge in [-0.25, -0.2) is 4.79 Å². The number of carbonyl (C=O) groups excluding carboxylic acids is 1. The third-order valence-corrected chi connectivity index (χ3v) is 3.88. The molecule has 118 valence electrons. The van der Waals surface area contributed by atoms with Gasteiger partial charge in [-0.3, -0.25) is 0 Å². The van der Waals surface area contributed by atoms with Gasteiger partial charge in [-0.2, -0.15) is 0 Å². The van der Waals surface area contributed by atoms with Gasteiger partial charge in [0.1, 0.15) is 0 Å². The van der Waals surface area contributed by atoms with Crippen molar-refractivity contribution in [2.24, 2.45) is 23.0 Å². The number of amides is 1. The number of nitrogens with two attached hydrogens (primary N) is 1. The van der Waals surface area contributed by atoms with Crippen molar-refractivity contribution in [3.63, 3.8) is 0 Å². The van der Waals surface area contributed by atoms with Crippen molar-refractivity contribution in [2.45, 2.75) is 53.2 Å². The first kappa shape index (κ1) is 17.2. The molecular weight excluding hydrogens is 258 g/mol. The number of rotatable bonds is 5. The molecule has 1 rings (SSSR count). The van der Waals surface area contributed by atoms with Gasteiger partial charge in [0.25, 0.3) is 0 Å². The van der Waals surface area contributed by atoms with Gasteiger partial charge < -0.3 is 19.9 Å². The van der Waals surface area contributed by atoms with Crippen molar-refractivity contribution >= 4 is 6.09 Å². The van der Waals surface area contributed by atoms with Crippen LogP contribution >= 0.6 is 0 Å². The Kier molecular flexibility index (Phi) is 5.83. The van der Waals surface area contributed by atoms with E-state index in [-0.39, 0.29) is 5.41 Å². The quantitative estimate of drug-likeness (QED) is 0.789. The summed E-state index contributed by atoms with van der Waals surface area (Å²) < 4.78 is 16.3. The fraction of sp³-hybridized carbons (Fsp3) is 0.933.